The van der Waals surface area contributed by atoms with Gasteiger partial charge >= 0.3 is 0 Å². The molecule has 1 aliphatic rings. The molecule has 0 fully saturated rings. The highest BCUT2D eigenvalue weighted by molar-refractivity contribution is 9.10. The summed E-state index contributed by atoms with van der Waals surface area (Å²) in [6.45, 7) is 1.14. The first-order chi connectivity index (χ1) is 9.48. The number of aromatic nitrogens is 3. The highest BCUT2D eigenvalue weighted by Crippen LogP contribution is 2.28. The van der Waals surface area contributed by atoms with Crippen LogP contribution in [-0.4, -0.2) is 34.0 Å². The molecule has 2 heterocycles. The molecule has 0 saturated carbocycles. The molecular weight excluding hydrogens is 346 g/mol. The molecule has 1 aromatic heterocycles. The minimum atomic E-state index is -3.61. The lowest BCUT2D eigenvalue weighted by Crippen LogP contribution is -2.38. The van der Waals surface area contributed by atoms with Gasteiger partial charge < -0.3 is 10.3 Å². The largest absolute Gasteiger partial charge is 0.399 e. The molecule has 0 saturated heterocycles. The second-order valence-corrected chi connectivity index (χ2v) is 7.23. The number of hydrogen-bond acceptors (Lipinski definition) is 5. The van der Waals surface area contributed by atoms with Crippen molar-refractivity contribution in [3.63, 3.8) is 0 Å². The maximum atomic E-state index is 12.7. The van der Waals surface area contributed by atoms with Gasteiger partial charge in [0.15, 0.2) is 0 Å². The molecule has 0 radical (unpaired) electrons. The fourth-order valence-electron chi connectivity index (χ4n) is 2.11. The Bertz CT molecular complexity index is 758. The smallest absolute Gasteiger partial charge is 0.244 e. The van der Waals surface area contributed by atoms with E-state index in [9.17, 15) is 8.42 Å². The SMILES string of the molecule is Nc1ccc(Br)c(S(=O)(=O)N2CCn3cnnc3C2)c1. The van der Waals surface area contributed by atoms with Gasteiger partial charge in [-0.25, -0.2) is 8.42 Å². The Morgan fingerprint density at radius 2 is 2.10 bits per heavy atom. The van der Waals surface area contributed by atoms with Crippen molar-refractivity contribution in [2.75, 3.05) is 12.3 Å². The van der Waals surface area contributed by atoms with Crippen molar-refractivity contribution < 1.29 is 8.42 Å². The van der Waals surface area contributed by atoms with Gasteiger partial charge in [-0.05, 0) is 34.1 Å². The molecule has 2 aromatic rings. The minimum absolute atomic E-state index is 0.172. The fourth-order valence-corrected chi connectivity index (χ4v) is 4.45. The average molecular weight is 358 g/mol. The Kier molecular flexibility index (Phi) is 3.27. The van der Waals surface area contributed by atoms with Crippen molar-refractivity contribution in [1.82, 2.24) is 19.1 Å². The number of rotatable bonds is 2. The van der Waals surface area contributed by atoms with Crippen LogP contribution in [0, 0.1) is 0 Å². The first-order valence-corrected chi connectivity index (χ1v) is 8.13. The third kappa shape index (κ3) is 2.21. The predicted molar refractivity (Wildman–Crippen MR) is 76.2 cm³/mol. The summed E-state index contributed by atoms with van der Waals surface area (Å²) in [5.41, 5.74) is 6.09. The lowest BCUT2D eigenvalue weighted by molar-refractivity contribution is 0.335. The number of benzene rings is 1. The Labute approximate surface area is 124 Å². The zero-order valence-corrected chi connectivity index (χ0v) is 12.8. The molecular formula is C11H12BrN5O2S. The van der Waals surface area contributed by atoms with E-state index >= 15 is 0 Å². The average Bonchev–Trinajstić information content (AvgIpc) is 2.88. The quantitative estimate of drug-likeness (QED) is 0.803. The van der Waals surface area contributed by atoms with Crippen LogP contribution in [0.2, 0.25) is 0 Å². The number of fused-ring (bicyclic) bond motifs is 1. The zero-order valence-electron chi connectivity index (χ0n) is 10.4. The third-order valence-corrected chi connectivity index (χ3v) is 6.02. The summed E-state index contributed by atoms with van der Waals surface area (Å²) in [4.78, 5) is 0.172. The summed E-state index contributed by atoms with van der Waals surface area (Å²) in [6, 6.07) is 4.74. The molecule has 1 aliphatic heterocycles. The number of anilines is 1. The van der Waals surface area contributed by atoms with Crippen LogP contribution < -0.4 is 5.73 Å². The van der Waals surface area contributed by atoms with Gasteiger partial charge in [0.05, 0.1) is 11.4 Å². The van der Waals surface area contributed by atoms with Gasteiger partial charge in [-0.15, -0.1) is 10.2 Å². The van der Waals surface area contributed by atoms with E-state index in [0.29, 0.717) is 29.1 Å². The van der Waals surface area contributed by atoms with Gasteiger partial charge in [-0.2, -0.15) is 4.31 Å². The maximum Gasteiger partial charge on any atom is 0.244 e. The molecule has 3 rings (SSSR count). The first kappa shape index (κ1) is 13.5. The van der Waals surface area contributed by atoms with E-state index in [1.165, 1.54) is 10.4 Å². The van der Waals surface area contributed by atoms with E-state index in [2.05, 4.69) is 26.1 Å². The predicted octanol–water partition coefficient (Wildman–Crippen LogP) is 0.827. The van der Waals surface area contributed by atoms with Gasteiger partial charge in [-0.1, -0.05) is 0 Å². The van der Waals surface area contributed by atoms with Gasteiger partial charge in [0.2, 0.25) is 10.0 Å². The van der Waals surface area contributed by atoms with Crippen molar-refractivity contribution >= 4 is 31.6 Å². The molecule has 0 amide bonds. The molecule has 7 nitrogen and oxygen atoms in total. The normalized spacial score (nSPS) is 16.1. The van der Waals surface area contributed by atoms with Crippen LogP contribution >= 0.6 is 15.9 Å². The number of hydrogen-bond donors (Lipinski definition) is 1. The highest BCUT2D eigenvalue weighted by atomic mass is 79.9. The molecule has 106 valence electrons. The van der Waals surface area contributed by atoms with Gasteiger partial charge in [0.25, 0.3) is 0 Å². The summed E-state index contributed by atoms with van der Waals surface area (Å²) in [6.07, 6.45) is 1.61. The van der Waals surface area contributed by atoms with Crippen LogP contribution in [0.15, 0.2) is 33.9 Å². The van der Waals surface area contributed by atoms with Gasteiger partial charge in [0.1, 0.15) is 12.2 Å². The number of halogens is 1. The van der Waals surface area contributed by atoms with Crippen molar-refractivity contribution in [3.05, 3.63) is 34.8 Å². The van der Waals surface area contributed by atoms with E-state index in [1.54, 1.807) is 18.5 Å². The Morgan fingerprint density at radius 1 is 1.30 bits per heavy atom. The topological polar surface area (TPSA) is 94.1 Å². The summed E-state index contributed by atoms with van der Waals surface area (Å²) >= 11 is 3.26. The number of sulfonamides is 1. The van der Waals surface area contributed by atoms with E-state index in [-0.39, 0.29) is 11.4 Å². The van der Waals surface area contributed by atoms with Crippen LogP contribution in [0.3, 0.4) is 0 Å². The Hall–Kier alpha value is -1.45. The molecule has 0 unspecified atom stereocenters. The van der Waals surface area contributed by atoms with E-state index in [1.807, 2.05) is 4.57 Å². The minimum Gasteiger partial charge on any atom is -0.399 e. The van der Waals surface area contributed by atoms with E-state index < -0.39 is 10.0 Å². The van der Waals surface area contributed by atoms with Gasteiger partial charge in [0, 0.05) is 23.2 Å². The van der Waals surface area contributed by atoms with Crippen LogP contribution in [-0.2, 0) is 23.1 Å². The van der Waals surface area contributed by atoms with Crippen molar-refractivity contribution in [2.45, 2.75) is 18.0 Å². The Balaban J connectivity index is 1.99. The van der Waals surface area contributed by atoms with Crippen LogP contribution in [0.25, 0.3) is 0 Å². The Morgan fingerprint density at radius 3 is 2.90 bits per heavy atom. The second-order valence-electron chi connectivity index (χ2n) is 4.47. The standard InChI is InChI=1S/C11H12BrN5O2S/c12-9-2-1-8(13)5-10(9)20(18,19)17-4-3-16-7-14-15-11(16)6-17/h1-2,5,7H,3-4,6,13H2. The third-order valence-electron chi connectivity index (χ3n) is 3.18. The van der Waals surface area contributed by atoms with Gasteiger partial charge in [-0.3, -0.25) is 0 Å². The number of nitrogen functional groups attached to an aromatic ring is 1. The molecule has 0 spiro atoms. The number of nitrogens with two attached hydrogens (primary N) is 1. The van der Waals surface area contributed by atoms with Crippen LogP contribution in [0.1, 0.15) is 5.82 Å². The molecule has 0 aliphatic carbocycles. The highest BCUT2D eigenvalue weighted by Gasteiger charge is 2.30. The zero-order chi connectivity index (χ0) is 14.3. The first-order valence-electron chi connectivity index (χ1n) is 5.90. The molecule has 20 heavy (non-hydrogen) atoms. The van der Waals surface area contributed by atoms with Crippen molar-refractivity contribution in [3.8, 4) is 0 Å². The molecule has 9 heteroatoms. The van der Waals surface area contributed by atoms with E-state index in [4.69, 9.17) is 5.73 Å². The van der Waals surface area contributed by atoms with Crippen LogP contribution in [0.5, 0.6) is 0 Å². The molecule has 1 aromatic carbocycles. The number of nitrogens with zero attached hydrogens (tertiary/aromatic N) is 4. The second kappa shape index (κ2) is 4.83. The molecule has 0 bridgehead atoms. The molecule has 0 atom stereocenters. The van der Waals surface area contributed by atoms with Crippen molar-refractivity contribution in [2.24, 2.45) is 0 Å². The molecule has 2 N–H and O–H groups in total. The van der Waals surface area contributed by atoms with Crippen molar-refractivity contribution in [1.29, 1.82) is 0 Å². The van der Waals surface area contributed by atoms with E-state index in [0.717, 1.165) is 0 Å². The summed E-state index contributed by atoms with van der Waals surface area (Å²) < 4.78 is 29.1. The maximum absolute atomic E-state index is 12.7. The fraction of sp³-hybridized carbons (Fsp3) is 0.273. The lowest BCUT2D eigenvalue weighted by Gasteiger charge is -2.26. The monoisotopic (exact) mass is 357 g/mol. The lowest BCUT2D eigenvalue weighted by atomic mass is 10.3. The summed E-state index contributed by atoms with van der Waals surface area (Å²) in [5, 5.41) is 7.71. The summed E-state index contributed by atoms with van der Waals surface area (Å²) in [5.74, 6) is 0.639. The van der Waals surface area contributed by atoms with Crippen LogP contribution in [0.4, 0.5) is 5.69 Å². The summed E-state index contributed by atoms with van der Waals surface area (Å²) in [7, 11) is -3.61.